The molecule has 0 saturated carbocycles. The molecule has 0 amide bonds. The van der Waals surface area contributed by atoms with Crippen LogP contribution in [0.5, 0.6) is 11.5 Å². The Morgan fingerprint density at radius 3 is 2.44 bits per heavy atom. The molecule has 1 N–H and O–H groups in total. The van der Waals surface area contributed by atoms with Crippen LogP contribution >= 0.6 is 0 Å². The summed E-state index contributed by atoms with van der Waals surface area (Å²) >= 11 is 0. The zero-order valence-electron chi connectivity index (χ0n) is 18.7. The van der Waals surface area contributed by atoms with Crippen molar-refractivity contribution in [1.82, 2.24) is 14.5 Å². The van der Waals surface area contributed by atoms with Gasteiger partial charge in [-0.2, -0.15) is 14.0 Å². The van der Waals surface area contributed by atoms with Crippen molar-refractivity contribution in [2.75, 3.05) is 0 Å². The number of H-pyrrole nitrogens is 1. The number of pyridine rings is 1. The number of hydrogen-bond donors (Lipinski definition) is 1. The highest BCUT2D eigenvalue weighted by Gasteiger charge is 2.48. The van der Waals surface area contributed by atoms with Crippen LogP contribution in [0.1, 0.15) is 39.2 Å². The quantitative estimate of drug-likeness (QED) is 0.537. The van der Waals surface area contributed by atoms with Gasteiger partial charge >= 0.3 is 12.3 Å². The lowest BCUT2D eigenvalue weighted by Crippen LogP contribution is -2.32. The average molecular weight is 476 g/mol. The molecule has 3 aromatic rings. The number of nitrogens with one attached hydrogen (secondary N) is 1. The number of hydrogen-bond acceptors (Lipinski definition) is 5. The number of alkyl halides is 4. The van der Waals surface area contributed by atoms with Gasteiger partial charge in [0.15, 0.2) is 5.69 Å². The van der Waals surface area contributed by atoms with E-state index in [9.17, 15) is 32.4 Å². The number of halogens is 4. The van der Waals surface area contributed by atoms with E-state index >= 15 is 0 Å². The molecule has 0 unspecified atom stereocenters. The summed E-state index contributed by atoms with van der Waals surface area (Å²) in [6.07, 6.45) is -3.49. The van der Waals surface area contributed by atoms with Gasteiger partial charge in [-0.15, -0.1) is 0 Å². The Morgan fingerprint density at radius 1 is 1.18 bits per heavy atom. The molecule has 178 valence electrons. The Morgan fingerprint density at radius 2 is 1.85 bits per heavy atom. The van der Waals surface area contributed by atoms with Crippen molar-refractivity contribution in [1.29, 1.82) is 5.26 Å². The van der Waals surface area contributed by atoms with Crippen LogP contribution in [-0.4, -0.2) is 21.0 Å². The van der Waals surface area contributed by atoms with Crippen LogP contribution < -0.4 is 15.9 Å². The highest BCUT2D eigenvalue weighted by Crippen LogP contribution is 2.39. The van der Waals surface area contributed by atoms with Crippen LogP contribution in [0.15, 0.2) is 34.1 Å². The molecule has 7 nitrogen and oxygen atoms in total. The summed E-state index contributed by atoms with van der Waals surface area (Å²) in [5.74, 6) is -6.05. The summed E-state index contributed by atoms with van der Waals surface area (Å²) < 4.78 is 61.2. The van der Waals surface area contributed by atoms with Crippen molar-refractivity contribution in [2.45, 2.75) is 46.6 Å². The Kier molecular flexibility index (Phi) is 6.63. The molecule has 11 heteroatoms. The largest absolute Gasteiger partial charge is 0.449 e. The van der Waals surface area contributed by atoms with E-state index < -0.39 is 34.9 Å². The molecule has 2 aromatic heterocycles. The van der Waals surface area contributed by atoms with Gasteiger partial charge in [-0.05, 0) is 57.0 Å². The molecule has 0 fully saturated rings. The number of benzene rings is 1. The summed E-state index contributed by atoms with van der Waals surface area (Å²) in [6, 6.07) is 6.47. The van der Waals surface area contributed by atoms with Gasteiger partial charge in [0.05, 0.1) is 24.5 Å². The molecule has 0 aliphatic heterocycles. The third-order valence-corrected chi connectivity index (χ3v) is 5.25. The van der Waals surface area contributed by atoms with Gasteiger partial charge in [0.25, 0.3) is 11.1 Å². The third-order valence-electron chi connectivity index (χ3n) is 5.25. The van der Waals surface area contributed by atoms with E-state index in [1.807, 2.05) is 6.07 Å². The Bertz CT molecular complexity index is 1420. The molecular formula is C23H20F4N4O3. The lowest BCUT2D eigenvalue weighted by atomic mass is 10.1. The maximum absolute atomic E-state index is 14.3. The van der Waals surface area contributed by atoms with E-state index in [0.717, 1.165) is 4.57 Å². The van der Waals surface area contributed by atoms with E-state index in [1.165, 1.54) is 19.1 Å². The zero-order chi connectivity index (χ0) is 25.4. The van der Waals surface area contributed by atoms with Gasteiger partial charge < -0.3 is 9.72 Å². The van der Waals surface area contributed by atoms with Crippen LogP contribution in [0.3, 0.4) is 0 Å². The Hall–Kier alpha value is -3.94. The number of nitrogens with zero attached hydrogens (tertiary/aromatic N) is 3. The molecule has 0 aliphatic rings. The molecule has 2 heterocycles. The molecule has 34 heavy (non-hydrogen) atoms. The predicted molar refractivity (Wildman–Crippen MR) is 115 cm³/mol. The molecule has 1 aromatic carbocycles. The topological polar surface area (TPSA) is 101 Å². The fourth-order valence-electron chi connectivity index (χ4n) is 3.42. The molecular weight excluding hydrogens is 456 g/mol. The van der Waals surface area contributed by atoms with Crippen molar-refractivity contribution in [3.8, 4) is 17.6 Å². The van der Waals surface area contributed by atoms with Crippen molar-refractivity contribution in [2.24, 2.45) is 0 Å². The Balaban J connectivity index is 2.23. The minimum atomic E-state index is -4.79. The highest BCUT2D eigenvalue weighted by molar-refractivity contribution is 5.50. The second kappa shape index (κ2) is 9.13. The third kappa shape index (κ3) is 4.57. The van der Waals surface area contributed by atoms with E-state index in [1.54, 1.807) is 26.8 Å². The van der Waals surface area contributed by atoms with Crippen molar-refractivity contribution < 1.29 is 22.3 Å². The standard InChI is InChI=1S/C23H20F4N4O3/c1-11-5-15(8-28)14(4)17(6-11)34-18-19(23(26,27)22(24)25)29-10-31(21(18)33)9-16-12(2)7-13(3)30-20(16)32/h5-7,10,22H,9H2,1-4H3,(H,30,32). The van der Waals surface area contributed by atoms with Crippen molar-refractivity contribution in [3.63, 3.8) is 0 Å². The Labute approximate surface area is 191 Å². The summed E-state index contributed by atoms with van der Waals surface area (Å²) in [5, 5.41) is 9.29. The fourth-order valence-corrected chi connectivity index (χ4v) is 3.42. The number of aromatic amines is 1. The molecule has 0 bridgehead atoms. The number of rotatable bonds is 6. The molecule has 0 spiro atoms. The van der Waals surface area contributed by atoms with Gasteiger partial charge in [0, 0.05) is 16.8 Å². The first-order valence-electron chi connectivity index (χ1n) is 10.0. The highest BCUT2D eigenvalue weighted by atomic mass is 19.3. The predicted octanol–water partition coefficient (Wildman–Crippen LogP) is 4.23. The van der Waals surface area contributed by atoms with E-state index in [4.69, 9.17) is 4.74 Å². The molecule has 0 atom stereocenters. The van der Waals surface area contributed by atoms with Crippen molar-refractivity contribution >= 4 is 0 Å². The first-order chi connectivity index (χ1) is 15.9. The summed E-state index contributed by atoms with van der Waals surface area (Å²) in [4.78, 5) is 31.5. The lowest BCUT2D eigenvalue weighted by Gasteiger charge is -2.20. The van der Waals surface area contributed by atoms with Gasteiger partial charge in [-0.3, -0.25) is 14.2 Å². The smallest absolute Gasteiger partial charge is 0.352 e. The fraction of sp³-hybridized carbons (Fsp3) is 0.304. The van der Waals surface area contributed by atoms with Crippen LogP contribution in [-0.2, 0) is 12.5 Å². The summed E-state index contributed by atoms with van der Waals surface area (Å²) in [7, 11) is 0. The van der Waals surface area contributed by atoms with Gasteiger partial charge in [0.1, 0.15) is 5.75 Å². The number of ether oxygens (including phenoxy) is 1. The number of aryl methyl sites for hydroxylation is 3. The SMILES string of the molecule is Cc1cc(C#N)c(C)c(Oc2c(C(F)(F)C(F)F)ncn(Cc3c(C)cc(C)[nH]c3=O)c2=O)c1. The van der Waals surface area contributed by atoms with Crippen LogP contribution in [0.25, 0.3) is 0 Å². The monoisotopic (exact) mass is 476 g/mol. The van der Waals surface area contributed by atoms with Gasteiger partial charge in [-0.25, -0.2) is 13.8 Å². The van der Waals surface area contributed by atoms with Crippen molar-refractivity contribution in [3.05, 3.63) is 84.4 Å². The summed E-state index contributed by atoms with van der Waals surface area (Å²) in [5.41, 5.74) is -1.06. The molecule has 0 radical (unpaired) electrons. The maximum atomic E-state index is 14.3. The van der Waals surface area contributed by atoms with E-state index in [0.29, 0.717) is 23.1 Å². The lowest BCUT2D eigenvalue weighted by molar-refractivity contribution is -0.139. The minimum absolute atomic E-state index is 0.135. The van der Waals surface area contributed by atoms with Gasteiger partial charge in [0.2, 0.25) is 5.75 Å². The first-order valence-corrected chi connectivity index (χ1v) is 10.0. The van der Waals surface area contributed by atoms with Crippen LogP contribution in [0.2, 0.25) is 0 Å². The minimum Gasteiger partial charge on any atom is -0.449 e. The second-order valence-corrected chi connectivity index (χ2v) is 7.87. The average Bonchev–Trinajstić information content (AvgIpc) is 2.74. The first kappa shape index (κ1) is 24.7. The summed E-state index contributed by atoms with van der Waals surface area (Å²) in [6.45, 7) is 6.00. The molecule has 0 saturated heterocycles. The van der Waals surface area contributed by atoms with Gasteiger partial charge in [-0.1, -0.05) is 0 Å². The molecule has 3 rings (SSSR count). The zero-order valence-corrected chi connectivity index (χ0v) is 18.7. The normalized spacial score (nSPS) is 11.5. The number of nitriles is 1. The van der Waals surface area contributed by atoms with Crippen LogP contribution in [0.4, 0.5) is 17.6 Å². The van der Waals surface area contributed by atoms with E-state index in [2.05, 4.69) is 9.97 Å². The maximum Gasteiger partial charge on any atom is 0.352 e. The second-order valence-electron chi connectivity index (χ2n) is 7.87. The van der Waals surface area contributed by atoms with E-state index in [-0.39, 0.29) is 29.0 Å². The number of aromatic nitrogens is 3. The molecule has 0 aliphatic carbocycles. The van der Waals surface area contributed by atoms with Crippen LogP contribution in [0, 0.1) is 39.0 Å².